The standard InChI is InChI=1S/C24H29ClN6O4S.C3H8/c1-15(2)36(33,34)21-9-7-6-8-19(21)28-23-17(25)13-26-24(30-23)29-18-11-10-16(12-20(18)35-5)27-22(32)14-31(3)4;1-3-2/h6-13,15H,14H2,1-5H3,(H,27,32)(H2,26,28,29,30);3H2,1-2H3. The second-order valence-corrected chi connectivity index (χ2v) is 12.0. The van der Waals surface area contributed by atoms with E-state index in [0.717, 1.165) is 0 Å². The van der Waals surface area contributed by atoms with Gasteiger partial charge in [-0.2, -0.15) is 4.98 Å². The Morgan fingerprint density at radius 1 is 1.08 bits per heavy atom. The molecule has 212 valence electrons. The number of anilines is 5. The number of hydrogen-bond donors (Lipinski definition) is 3. The highest BCUT2D eigenvalue weighted by Crippen LogP contribution is 2.33. The first-order valence-corrected chi connectivity index (χ1v) is 14.4. The van der Waals surface area contributed by atoms with E-state index >= 15 is 0 Å². The van der Waals surface area contributed by atoms with E-state index in [2.05, 4.69) is 39.8 Å². The van der Waals surface area contributed by atoms with Crippen molar-refractivity contribution in [2.75, 3.05) is 43.7 Å². The predicted molar refractivity (Wildman–Crippen MR) is 159 cm³/mol. The van der Waals surface area contributed by atoms with Gasteiger partial charge in [0, 0.05) is 11.8 Å². The lowest BCUT2D eigenvalue weighted by atomic mass is 10.2. The van der Waals surface area contributed by atoms with Gasteiger partial charge in [-0.25, -0.2) is 13.4 Å². The number of para-hydroxylation sites is 1. The van der Waals surface area contributed by atoms with Crippen molar-refractivity contribution in [3.05, 3.63) is 53.7 Å². The van der Waals surface area contributed by atoms with Crippen molar-refractivity contribution in [2.45, 2.75) is 44.3 Å². The van der Waals surface area contributed by atoms with Crippen LogP contribution in [-0.2, 0) is 14.6 Å². The van der Waals surface area contributed by atoms with Crippen LogP contribution in [0.3, 0.4) is 0 Å². The fourth-order valence-electron chi connectivity index (χ4n) is 3.19. The molecule has 0 aliphatic heterocycles. The van der Waals surface area contributed by atoms with Gasteiger partial charge in [-0.1, -0.05) is 44.0 Å². The minimum atomic E-state index is -3.54. The van der Waals surface area contributed by atoms with Crippen LogP contribution in [0, 0.1) is 0 Å². The average molecular weight is 577 g/mol. The molecule has 0 aliphatic carbocycles. The minimum absolute atomic E-state index is 0.151. The summed E-state index contributed by atoms with van der Waals surface area (Å²) >= 11 is 6.31. The SMILES string of the molecule is CCC.COc1cc(NC(=O)CN(C)C)ccc1Nc1ncc(Cl)c(Nc2ccccc2S(=O)(=O)C(C)C)n1. The van der Waals surface area contributed by atoms with Crippen LogP contribution in [0.4, 0.5) is 28.8 Å². The lowest BCUT2D eigenvalue weighted by molar-refractivity contribution is -0.116. The zero-order valence-corrected chi connectivity index (χ0v) is 24.9. The number of likely N-dealkylation sites (N-methyl/N-ethyl adjacent to an activating group) is 1. The number of ether oxygens (including phenoxy) is 1. The van der Waals surface area contributed by atoms with E-state index in [1.54, 1.807) is 55.1 Å². The van der Waals surface area contributed by atoms with Crippen LogP contribution < -0.4 is 20.7 Å². The number of carbonyl (C=O) groups is 1. The lowest BCUT2D eigenvalue weighted by Gasteiger charge is -2.16. The van der Waals surface area contributed by atoms with Crippen molar-refractivity contribution >= 4 is 56.2 Å². The molecule has 0 spiro atoms. The Labute approximate surface area is 236 Å². The molecular formula is C27H37ClN6O4S. The Hall–Kier alpha value is -3.41. The molecule has 0 aliphatic rings. The second kappa shape index (κ2) is 14.7. The Balaban J connectivity index is 0.00000170. The van der Waals surface area contributed by atoms with Crippen LogP contribution >= 0.6 is 11.6 Å². The van der Waals surface area contributed by atoms with Crippen LogP contribution in [-0.4, -0.2) is 62.2 Å². The Bertz CT molecular complexity index is 1370. The number of halogens is 1. The summed E-state index contributed by atoms with van der Waals surface area (Å²) < 4.78 is 31.0. The highest BCUT2D eigenvalue weighted by atomic mass is 35.5. The van der Waals surface area contributed by atoms with Crippen LogP contribution in [0.25, 0.3) is 0 Å². The first-order valence-electron chi connectivity index (χ1n) is 12.4. The van der Waals surface area contributed by atoms with E-state index in [4.69, 9.17) is 16.3 Å². The number of hydrogen-bond acceptors (Lipinski definition) is 9. The summed E-state index contributed by atoms with van der Waals surface area (Å²) in [4.78, 5) is 22.6. The Morgan fingerprint density at radius 2 is 1.74 bits per heavy atom. The molecular weight excluding hydrogens is 540 g/mol. The maximum absolute atomic E-state index is 12.8. The topological polar surface area (TPSA) is 126 Å². The zero-order chi connectivity index (χ0) is 29.2. The zero-order valence-electron chi connectivity index (χ0n) is 23.4. The van der Waals surface area contributed by atoms with E-state index in [9.17, 15) is 13.2 Å². The number of nitrogens with one attached hydrogen (secondary N) is 3. The van der Waals surface area contributed by atoms with Gasteiger partial charge >= 0.3 is 0 Å². The van der Waals surface area contributed by atoms with E-state index in [1.807, 2.05) is 14.1 Å². The van der Waals surface area contributed by atoms with E-state index < -0.39 is 15.1 Å². The van der Waals surface area contributed by atoms with Crippen LogP contribution in [0.1, 0.15) is 34.1 Å². The molecule has 39 heavy (non-hydrogen) atoms. The van der Waals surface area contributed by atoms with E-state index in [-0.39, 0.29) is 34.1 Å². The summed E-state index contributed by atoms with van der Waals surface area (Å²) in [5, 5.41) is 8.51. The molecule has 1 amide bonds. The fourth-order valence-corrected chi connectivity index (χ4v) is 4.53. The van der Waals surface area contributed by atoms with Gasteiger partial charge in [0.1, 0.15) is 10.8 Å². The van der Waals surface area contributed by atoms with Crippen molar-refractivity contribution < 1.29 is 17.9 Å². The molecule has 0 unspecified atom stereocenters. The number of rotatable bonds is 10. The molecule has 3 N–H and O–H groups in total. The smallest absolute Gasteiger partial charge is 0.238 e. The molecule has 0 saturated carbocycles. The van der Waals surface area contributed by atoms with Gasteiger partial charge in [0.05, 0.1) is 41.4 Å². The summed E-state index contributed by atoms with van der Waals surface area (Å²) in [6.07, 6.45) is 2.65. The maximum atomic E-state index is 12.8. The van der Waals surface area contributed by atoms with Gasteiger partial charge in [0.15, 0.2) is 15.7 Å². The molecule has 0 atom stereocenters. The molecule has 10 nitrogen and oxygen atoms in total. The number of methoxy groups -OCH3 is 1. The van der Waals surface area contributed by atoms with E-state index in [0.29, 0.717) is 22.8 Å². The molecule has 1 aromatic heterocycles. The number of amides is 1. The average Bonchev–Trinajstić information content (AvgIpc) is 2.87. The van der Waals surface area contributed by atoms with Crippen molar-refractivity contribution in [2.24, 2.45) is 0 Å². The Morgan fingerprint density at radius 3 is 2.36 bits per heavy atom. The lowest BCUT2D eigenvalue weighted by Crippen LogP contribution is -2.27. The summed E-state index contributed by atoms with van der Waals surface area (Å²) in [5.41, 5.74) is 1.49. The van der Waals surface area contributed by atoms with Gasteiger partial charge in [0.2, 0.25) is 11.9 Å². The van der Waals surface area contributed by atoms with Gasteiger partial charge in [-0.05, 0) is 52.2 Å². The molecule has 2 aromatic carbocycles. The van der Waals surface area contributed by atoms with E-state index in [1.165, 1.54) is 25.8 Å². The molecule has 0 bridgehead atoms. The largest absolute Gasteiger partial charge is 0.494 e. The second-order valence-electron chi connectivity index (χ2n) is 9.14. The van der Waals surface area contributed by atoms with Gasteiger partial charge < -0.3 is 25.6 Å². The molecule has 1 heterocycles. The Kier molecular flexibility index (Phi) is 12.0. The van der Waals surface area contributed by atoms with Gasteiger partial charge in [0.25, 0.3) is 0 Å². The quantitative estimate of drug-likeness (QED) is 0.277. The number of sulfone groups is 1. The normalized spacial score (nSPS) is 11.0. The molecule has 0 fully saturated rings. The molecule has 12 heteroatoms. The molecule has 0 saturated heterocycles. The van der Waals surface area contributed by atoms with Crippen molar-refractivity contribution in [3.8, 4) is 5.75 Å². The fraction of sp³-hybridized carbons (Fsp3) is 0.370. The van der Waals surface area contributed by atoms with Crippen LogP contribution in [0.5, 0.6) is 5.75 Å². The van der Waals surface area contributed by atoms with Gasteiger partial charge in [-0.15, -0.1) is 0 Å². The minimum Gasteiger partial charge on any atom is -0.494 e. The highest BCUT2D eigenvalue weighted by molar-refractivity contribution is 7.92. The first-order chi connectivity index (χ1) is 18.4. The number of carbonyl (C=O) groups excluding carboxylic acids is 1. The summed E-state index contributed by atoms with van der Waals surface area (Å²) in [6, 6.07) is 11.7. The van der Waals surface area contributed by atoms with Gasteiger partial charge in [-0.3, -0.25) is 4.79 Å². The summed E-state index contributed by atoms with van der Waals surface area (Å²) in [6.45, 7) is 7.74. The van der Waals surface area contributed by atoms with Crippen LogP contribution in [0.2, 0.25) is 5.02 Å². The monoisotopic (exact) mass is 576 g/mol. The third-order valence-corrected chi connectivity index (χ3v) is 7.49. The number of nitrogens with zero attached hydrogens (tertiary/aromatic N) is 3. The van der Waals surface area contributed by atoms with Crippen LogP contribution in [0.15, 0.2) is 53.6 Å². The number of aromatic nitrogens is 2. The summed E-state index contributed by atoms with van der Waals surface area (Å²) in [5.74, 6) is 0.735. The highest BCUT2D eigenvalue weighted by Gasteiger charge is 2.23. The maximum Gasteiger partial charge on any atom is 0.238 e. The third-order valence-electron chi connectivity index (χ3n) is 5.00. The molecule has 0 radical (unpaired) electrons. The van der Waals surface area contributed by atoms with Crippen molar-refractivity contribution in [3.63, 3.8) is 0 Å². The third kappa shape index (κ3) is 9.09. The summed E-state index contributed by atoms with van der Waals surface area (Å²) in [7, 11) is 1.59. The first kappa shape index (κ1) is 31.8. The molecule has 3 rings (SSSR count). The predicted octanol–water partition coefficient (Wildman–Crippen LogP) is 5.72. The molecule has 3 aromatic rings. The number of benzene rings is 2. The van der Waals surface area contributed by atoms with Crippen molar-refractivity contribution in [1.82, 2.24) is 14.9 Å². The van der Waals surface area contributed by atoms with Crippen molar-refractivity contribution in [1.29, 1.82) is 0 Å².